The standard InChI is InChI=1S/C25H28BrN3O3/c1-32-24(31)13-11-21-20(10-12-23(30)16-5-4-6-16)28-19-9-8-17(26)15-18(19)25(29-21)22-7-2-3-14-27-22/h2-3,7-9,14-16,21,23,30H,4-6,10-13H2,1H3/t21-,23?/m0/s1. The first-order valence-electron chi connectivity index (χ1n) is 11.2. The third kappa shape index (κ3) is 5.33. The van der Waals surface area contributed by atoms with Gasteiger partial charge in [-0.15, -0.1) is 0 Å². The van der Waals surface area contributed by atoms with Crippen LogP contribution in [0.3, 0.4) is 0 Å². The number of aromatic nitrogens is 1. The summed E-state index contributed by atoms with van der Waals surface area (Å²) in [5, 5.41) is 10.6. The number of benzene rings is 1. The van der Waals surface area contributed by atoms with Gasteiger partial charge in [-0.2, -0.15) is 0 Å². The van der Waals surface area contributed by atoms with Gasteiger partial charge in [0.15, 0.2) is 0 Å². The number of nitrogens with zero attached hydrogens (tertiary/aromatic N) is 3. The second kappa shape index (κ2) is 10.5. The van der Waals surface area contributed by atoms with Gasteiger partial charge in [0, 0.05) is 28.4 Å². The van der Waals surface area contributed by atoms with E-state index in [4.69, 9.17) is 14.7 Å². The van der Waals surface area contributed by atoms with Crippen LogP contribution in [0, 0.1) is 5.92 Å². The molecule has 2 aromatic rings. The van der Waals surface area contributed by atoms with Crippen molar-refractivity contribution < 1.29 is 14.6 Å². The SMILES string of the molecule is COC(=O)CC[C@@H]1N=C(c2ccccn2)c2cc(Br)ccc2N=C1CCC(O)C1CCC1. The molecule has 7 heteroatoms. The molecule has 0 bridgehead atoms. The average Bonchev–Trinajstić information content (AvgIpc) is 2.92. The number of aliphatic imine (C=N–C) groups is 2. The zero-order valence-electron chi connectivity index (χ0n) is 18.2. The van der Waals surface area contributed by atoms with E-state index in [1.54, 1.807) is 6.20 Å². The van der Waals surface area contributed by atoms with E-state index in [1.165, 1.54) is 13.5 Å². The topological polar surface area (TPSA) is 84.1 Å². The molecule has 1 aromatic heterocycles. The van der Waals surface area contributed by atoms with Crippen molar-refractivity contribution in [3.05, 3.63) is 58.3 Å². The predicted octanol–water partition coefficient (Wildman–Crippen LogP) is 5.03. The Morgan fingerprint density at radius 2 is 2.12 bits per heavy atom. The van der Waals surface area contributed by atoms with Crippen LogP contribution >= 0.6 is 15.9 Å². The highest BCUT2D eigenvalue weighted by Crippen LogP contribution is 2.34. The molecule has 1 aromatic carbocycles. The number of rotatable bonds is 8. The lowest BCUT2D eigenvalue weighted by molar-refractivity contribution is -0.140. The van der Waals surface area contributed by atoms with Gasteiger partial charge >= 0.3 is 5.97 Å². The van der Waals surface area contributed by atoms with Crippen molar-refractivity contribution in [1.82, 2.24) is 4.98 Å². The molecule has 2 heterocycles. The van der Waals surface area contributed by atoms with E-state index in [0.29, 0.717) is 25.2 Å². The third-order valence-electron chi connectivity index (χ3n) is 6.29. The molecule has 0 amide bonds. The van der Waals surface area contributed by atoms with Crippen LogP contribution < -0.4 is 0 Å². The summed E-state index contributed by atoms with van der Waals surface area (Å²) in [6.07, 6.45) is 6.86. The lowest BCUT2D eigenvalue weighted by atomic mass is 9.79. The minimum absolute atomic E-state index is 0.254. The summed E-state index contributed by atoms with van der Waals surface area (Å²) < 4.78 is 5.80. The number of methoxy groups -OCH3 is 1. The van der Waals surface area contributed by atoms with Gasteiger partial charge in [0.1, 0.15) is 0 Å². The molecule has 168 valence electrons. The molecule has 1 fully saturated rings. The van der Waals surface area contributed by atoms with Gasteiger partial charge < -0.3 is 9.84 Å². The number of aliphatic hydroxyl groups excluding tert-OH is 1. The fourth-order valence-electron chi connectivity index (χ4n) is 4.20. The molecule has 2 aliphatic rings. The van der Waals surface area contributed by atoms with Crippen LogP contribution in [-0.2, 0) is 9.53 Å². The Kier molecular flexibility index (Phi) is 7.48. The number of esters is 1. The Hall–Kier alpha value is -2.38. The molecule has 4 rings (SSSR count). The van der Waals surface area contributed by atoms with Gasteiger partial charge in [0.25, 0.3) is 0 Å². The van der Waals surface area contributed by atoms with E-state index < -0.39 is 0 Å². The highest BCUT2D eigenvalue weighted by Gasteiger charge is 2.28. The van der Waals surface area contributed by atoms with Crippen LogP contribution in [0.5, 0.6) is 0 Å². The molecule has 32 heavy (non-hydrogen) atoms. The van der Waals surface area contributed by atoms with E-state index in [-0.39, 0.29) is 24.5 Å². The van der Waals surface area contributed by atoms with E-state index in [9.17, 15) is 9.90 Å². The minimum Gasteiger partial charge on any atom is -0.469 e. The number of hydrogen-bond acceptors (Lipinski definition) is 6. The van der Waals surface area contributed by atoms with Gasteiger partial charge in [0.2, 0.25) is 0 Å². The summed E-state index contributed by atoms with van der Waals surface area (Å²) in [5.41, 5.74) is 4.14. The maximum atomic E-state index is 11.9. The summed E-state index contributed by atoms with van der Waals surface area (Å²) in [7, 11) is 1.40. The Morgan fingerprint density at radius 1 is 1.28 bits per heavy atom. The zero-order chi connectivity index (χ0) is 22.5. The van der Waals surface area contributed by atoms with Crippen molar-refractivity contribution in [2.75, 3.05) is 7.11 Å². The molecular formula is C25H28BrN3O3. The minimum atomic E-state index is -0.320. The normalized spacial score (nSPS) is 19.2. The highest BCUT2D eigenvalue weighted by atomic mass is 79.9. The van der Waals surface area contributed by atoms with Crippen molar-refractivity contribution in [2.24, 2.45) is 15.9 Å². The first kappa shape index (κ1) is 22.8. The maximum Gasteiger partial charge on any atom is 0.305 e. The molecule has 2 atom stereocenters. The average molecular weight is 498 g/mol. The summed E-state index contributed by atoms with van der Waals surface area (Å²) in [6, 6.07) is 11.4. The largest absolute Gasteiger partial charge is 0.469 e. The number of carbonyl (C=O) groups excluding carboxylic acids is 1. The number of pyridine rings is 1. The highest BCUT2D eigenvalue weighted by molar-refractivity contribution is 9.10. The molecule has 1 aliphatic heterocycles. The molecule has 1 aliphatic carbocycles. The van der Waals surface area contributed by atoms with Gasteiger partial charge in [-0.05, 0) is 68.4 Å². The van der Waals surface area contributed by atoms with Crippen molar-refractivity contribution in [2.45, 2.75) is 57.1 Å². The first-order chi connectivity index (χ1) is 15.5. The molecule has 1 N–H and O–H groups in total. The van der Waals surface area contributed by atoms with Crippen LogP contribution in [0.15, 0.2) is 57.1 Å². The maximum absolute atomic E-state index is 11.9. The van der Waals surface area contributed by atoms with Crippen LogP contribution in [0.4, 0.5) is 5.69 Å². The second-order valence-electron chi connectivity index (χ2n) is 8.38. The fourth-order valence-corrected chi connectivity index (χ4v) is 4.56. The Morgan fingerprint density at radius 3 is 2.81 bits per heavy atom. The molecule has 6 nitrogen and oxygen atoms in total. The quantitative estimate of drug-likeness (QED) is 0.518. The molecule has 0 spiro atoms. The lowest BCUT2D eigenvalue weighted by Crippen LogP contribution is -2.29. The number of halogens is 1. The van der Waals surface area contributed by atoms with Crippen LogP contribution in [-0.4, -0.2) is 46.7 Å². The fraction of sp³-hybridized carbons (Fsp3) is 0.440. The van der Waals surface area contributed by atoms with E-state index in [0.717, 1.165) is 45.7 Å². The zero-order valence-corrected chi connectivity index (χ0v) is 19.8. The number of fused-ring (bicyclic) bond motifs is 1. The first-order valence-corrected chi connectivity index (χ1v) is 12.0. The molecule has 0 radical (unpaired) electrons. The van der Waals surface area contributed by atoms with Crippen LogP contribution in [0.25, 0.3) is 0 Å². The summed E-state index contributed by atoms with van der Waals surface area (Å²) in [6.45, 7) is 0. The van der Waals surface area contributed by atoms with Crippen molar-refractivity contribution >= 4 is 39.0 Å². The Balaban J connectivity index is 1.71. The van der Waals surface area contributed by atoms with E-state index in [2.05, 4.69) is 20.9 Å². The monoisotopic (exact) mass is 497 g/mol. The van der Waals surface area contributed by atoms with Crippen LogP contribution in [0.1, 0.15) is 56.2 Å². The van der Waals surface area contributed by atoms with E-state index in [1.807, 2.05) is 36.4 Å². The summed E-state index contributed by atoms with van der Waals surface area (Å²) in [5.74, 6) is 0.128. The number of hydrogen-bond donors (Lipinski definition) is 1. The van der Waals surface area contributed by atoms with Crippen molar-refractivity contribution in [1.29, 1.82) is 0 Å². The number of carbonyl (C=O) groups is 1. The van der Waals surface area contributed by atoms with Gasteiger partial charge in [-0.25, -0.2) is 0 Å². The predicted molar refractivity (Wildman–Crippen MR) is 129 cm³/mol. The Labute approximate surface area is 197 Å². The molecule has 1 saturated carbocycles. The van der Waals surface area contributed by atoms with Crippen molar-refractivity contribution in [3.8, 4) is 0 Å². The Bertz CT molecular complexity index is 1020. The van der Waals surface area contributed by atoms with Gasteiger partial charge in [-0.3, -0.25) is 19.8 Å². The lowest BCUT2D eigenvalue weighted by Gasteiger charge is -2.30. The van der Waals surface area contributed by atoms with Gasteiger partial charge in [-0.1, -0.05) is 28.4 Å². The van der Waals surface area contributed by atoms with E-state index >= 15 is 0 Å². The number of aliphatic hydroxyl groups is 1. The summed E-state index contributed by atoms with van der Waals surface area (Å²) >= 11 is 3.57. The second-order valence-corrected chi connectivity index (χ2v) is 9.30. The molecule has 0 saturated heterocycles. The van der Waals surface area contributed by atoms with Crippen molar-refractivity contribution in [3.63, 3.8) is 0 Å². The third-order valence-corrected chi connectivity index (χ3v) is 6.79. The smallest absolute Gasteiger partial charge is 0.305 e. The number of ether oxygens (including phenoxy) is 1. The van der Waals surface area contributed by atoms with Gasteiger partial charge in [0.05, 0.1) is 36.3 Å². The molecular weight excluding hydrogens is 470 g/mol. The molecule has 1 unspecified atom stereocenters. The van der Waals surface area contributed by atoms with Crippen LogP contribution in [0.2, 0.25) is 0 Å². The summed E-state index contributed by atoms with van der Waals surface area (Å²) in [4.78, 5) is 26.5.